The Morgan fingerprint density at radius 3 is 2.44 bits per heavy atom. The minimum atomic E-state index is -0.769. The number of aromatic nitrogens is 1. The van der Waals surface area contributed by atoms with E-state index in [9.17, 15) is 9.59 Å². The highest BCUT2D eigenvalue weighted by atomic mass is 16.5. The van der Waals surface area contributed by atoms with Gasteiger partial charge in [0.1, 0.15) is 11.4 Å². The van der Waals surface area contributed by atoms with E-state index in [1.54, 1.807) is 22.1 Å². The van der Waals surface area contributed by atoms with Gasteiger partial charge in [-0.1, -0.05) is 12.1 Å². The molecule has 0 aliphatic carbocycles. The summed E-state index contributed by atoms with van der Waals surface area (Å²) in [4.78, 5) is 36.5. The van der Waals surface area contributed by atoms with Crippen LogP contribution in [0, 0.1) is 0 Å². The van der Waals surface area contributed by atoms with E-state index in [1.807, 2.05) is 30.3 Å². The molecule has 2 fully saturated rings. The molecule has 3 aliphatic rings. The lowest BCUT2D eigenvalue weighted by Crippen LogP contribution is -2.54. The summed E-state index contributed by atoms with van der Waals surface area (Å²) in [5, 5.41) is 0. The second kappa shape index (κ2) is 9.13. The normalized spacial score (nSPS) is 21.0. The second-order valence-corrected chi connectivity index (χ2v) is 7.93. The Labute approximate surface area is 186 Å². The average molecular weight is 438 g/mol. The minimum Gasteiger partial charge on any atom is -0.476 e. The van der Waals surface area contributed by atoms with Crippen molar-refractivity contribution in [2.75, 3.05) is 69.0 Å². The van der Waals surface area contributed by atoms with Crippen LogP contribution in [0.15, 0.2) is 42.6 Å². The largest absolute Gasteiger partial charge is 0.476 e. The Morgan fingerprint density at radius 2 is 1.66 bits per heavy atom. The molecule has 1 unspecified atom stereocenters. The van der Waals surface area contributed by atoms with Gasteiger partial charge in [0.15, 0.2) is 6.10 Å². The Morgan fingerprint density at radius 1 is 0.938 bits per heavy atom. The summed E-state index contributed by atoms with van der Waals surface area (Å²) in [6.45, 7) is 5.07. The van der Waals surface area contributed by atoms with E-state index in [0.717, 1.165) is 18.8 Å². The molecule has 1 aromatic heterocycles. The van der Waals surface area contributed by atoms with Crippen LogP contribution in [0.25, 0.3) is 0 Å². The third kappa shape index (κ3) is 4.13. The van der Waals surface area contributed by atoms with Crippen molar-refractivity contribution in [1.29, 1.82) is 0 Å². The summed E-state index contributed by atoms with van der Waals surface area (Å²) in [6.07, 6.45) is 0.884. The quantitative estimate of drug-likeness (QED) is 0.712. The number of carbonyl (C=O) groups excluding carboxylic acids is 2. The molecular weight excluding hydrogens is 412 g/mol. The van der Waals surface area contributed by atoms with Gasteiger partial charge in [0.25, 0.3) is 11.8 Å². The molecule has 3 aliphatic heterocycles. The van der Waals surface area contributed by atoms with Crippen LogP contribution < -0.4 is 14.5 Å². The molecule has 4 heterocycles. The van der Waals surface area contributed by atoms with Gasteiger partial charge in [-0.15, -0.1) is 0 Å². The molecule has 2 amide bonds. The summed E-state index contributed by atoms with van der Waals surface area (Å²) in [5.74, 6) is 0.134. The summed E-state index contributed by atoms with van der Waals surface area (Å²) in [7, 11) is 0. The number of anilines is 2. The smallest absolute Gasteiger partial charge is 0.277 e. The second-order valence-electron chi connectivity index (χ2n) is 7.93. The number of pyridine rings is 1. The summed E-state index contributed by atoms with van der Waals surface area (Å²) in [5.41, 5.74) is 1.92. The number of carbonyl (C=O) groups is 2. The van der Waals surface area contributed by atoms with E-state index < -0.39 is 6.10 Å². The van der Waals surface area contributed by atoms with Gasteiger partial charge in [-0.25, -0.2) is 0 Å². The molecule has 0 spiro atoms. The van der Waals surface area contributed by atoms with Gasteiger partial charge in [-0.05, 0) is 24.3 Å². The van der Waals surface area contributed by atoms with Gasteiger partial charge < -0.3 is 24.0 Å². The predicted octanol–water partition coefficient (Wildman–Crippen LogP) is 1.18. The average Bonchev–Trinajstić information content (AvgIpc) is 2.88. The highest BCUT2D eigenvalue weighted by Gasteiger charge is 2.37. The van der Waals surface area contributed by atoms with Crippen molar-refractivity contribution in [3.63, 3.8) is 0 Å². The first kappa shape index (κ1) is 20.7. The maximum atomic E-state index is 13.6. The van der Waals surface area contributed by atoms with Crippen molar-refractivity contribution in [2.24, 2.45) is 0 Å². The molecule has 9 heteroatoms. The summed E-state index contributed by atoms with van der Waals surface area (Å²) in [6, 6.07) is 11.0. The first-order valence-electron chi connectivity index (χ1n) is 10.9. The minimum absolute atomic E-state index is 0.129. The molecule has 168 valence electrons. The molecule has 0 saturated carbocycles. The Hall–Kier alpha value is -3.17. The predicted molar refractivity (Wildman–Crippen MR) is 117 cm³/mol. The first-order chi connectivity index (χ1) is 15.7. The van der Waals surface area contributed by atoms with E-state index in [1.165, 1.54) is 0 Å². The molecule has 5 rings (SSSR count). The van der Waals surface area contributed by atoms with Crippen molar-refractivity contribution in [3.05, 3.63) is 48.3 Å². The molecule has 9 nitrogen and oxygen atoms in total. The fourth-order valence-electron chi connectivity index (χ4n) is 4.24. The number of benzene rings is 1. The van der Waals surface area contributed by atoms with E-state index in [0.29, 0.717) is 56.6 Å². The molecule has 2 saturated heterocycles. The van der Waals surface area contributed by atoms with Crippen molar-refractivity contribution >= 4 is 23.2 Å². The Kier molecular flexibility index (Phi) is 5.91. The zero-order valence-corrected chi connectivity index (χ0v) is 17.8. The molecule has 0 N–H and O–H groups in total. The summed E-state index contributed by atoms with van der Waals surface area (Å²) < 4.78 is 16.8. The number of fused-ring (bicyclic) bond motifs is 1. The number of nitrogens with zero attached hydrogens (tertiary/aromatic N) is 4. The number of hydrogen-bond acceptors (Lipinski definition) is 7. The molecule has 1 aromatic carbocycles. The van der Waals surface area contributed by atoms with Crippen LogP contribution in [-0.2, 0) is 14.3 Å². The fraction of sp³-hybridized carbons (Fsp3) is 0.435. The van der Waals surface area contributed by atoms with Gasteiger partial charge in [-0.2, -0.15) is 0 Å². The lowest BCUT2D eigenvalue weighted by atomic mass is 10.1. The fourth-order valence-corrected chi connectivity index (χ4v) is 4.24. The molecular formula is C23H26N4O5. The van der Waals surface area contributed by atoms with Gasteiger partial charge in [-0.3, -0.25) is 19.5 Å². The molecule has 32 heavy (non-hydrogen) atoms. The van der Waals surface area contributed by atoms with E-state index in [-0.39, 0.29) is 18.4 Å². The number of hydrogen-bond donors (Lipinski definition) is 0. The van der Waals surface area contributed by atoms with Crippen LogP contribution in [0.1, 0.15) is 10.5 Å². The zero-order valence-electron chi connectivity index (χ0n) is 17.8. The van der Waals surface area contributed by atoms with Crippen LogP contribution in [-0.4, -0.2) is 87.0 Å². The van der Waals surface area contributed by atoms with Crippen molar-refractivity contribution in [3.8, 4) is 5.75 Å². The molecule has 1 atom stereocenters. The van der Waals surface area contributed by atoms with Gasteiger partial charge in [0, 0.05) is 38.1 Å². The van der Waals surface area contributed by atoms with E-state index in [2.05, 4.69) is 9.88 Å². The van der Waals surface area contributed by atoms with Crippen LogP contribution in [0.4, 0.5) is 11.4 Å². The topological polar surface area (TPSA) is 84.4 Å². The lowest BCUT2D eigenvalue weighted by Gasteiger charge is -2.37. The van der Waals surface area contributed by atoms with Crippen molar-refractivity contribution in [1.82, 2.24) is 9.88 Å². The first-order valence-corrected chi connectivity index (χ1v) is 10.9. The highest BCUT2D eigenvalue weighted by Crippen LogP contribution is 2.34. The molecule has 0 radical (unpaired) electrons. The molecule has 0 bridgehead atoms. The number of ether oxygens (including phenoxy) is 3. The maximum Gasteiger partial charge on any atom is 0.277 e. The monoisotopic (exact) mass is 438 g/mol. The van der Waals surface area contributed by atoms with Gasteiger partial charge in [0.2, 0.25) is 0 Å². The van der Waals surface area contributed by atoms with E-state index >= 15 is 0 Å². The number of amides is 2. The van der Waals surface area contributed by atoms with Gasteiger partial charge >= 0.3 is 0 Å². The Balaban J connectivity index is 1.41. The van der Waals surface area contributed by atoms with Crippen molar-refractivity contribution in [2.45, 2.75) is 6.10 Å². The number of rotatable bonds is 3. The number of morpholine rings is 2. The van der Waals surface area contributed by atoms with Crippen LogP contribution >= 0.6 is 0 Å². The lowest BCUT2D eigenvalue weighted by molar-refractivity contribution is -0.142. The van der Waals surface area contributed by atoms with Gasteiger partial charge in [0.05, 0.1) is 38.7 Å². The van der Waals surface area contributed by atoms with E-state index in [4.69, 9.17) is 14.2 Å². The SMILES string of the molecule is O=C(C1CN(C(=O)c2cc(N3CCOCC3)ccn2)c2ccccc2O1)N1CCOCC1. The van der Waals surface area contributed by atoms with Crippen LogP contribution in [0.2, 0.25) is 0 Å². The van der Waals surface area contributed by atoms with Crippen molar-refractivity contribution < 1.29 is 23.8 Å². The third-order valence-corrected chi connectivity index (χ3v) is 5.96. The highest BCUT2D eigenvalue weighted by molar-refractivity contribution is 6.07. The summed E-state index contributed by atoms with van der Waals surface area (Å²) >= 11 is 0. The number of para-hydroxylation sites is 2. The molecule has 2 aromatic rings. The van der Waals surface area contributed by atoms with Crippen LogP contribution in [0.3, 0.4) is 0 Å². The third-order valence-electron chi connectivity index (χ3n) is 5.96. The maximum absolute atomic E-state index is 13.6. The van der Waals surface area contributed by atoms with Crippen LogP contribution in [0.5, 0.6) is 5.75 Å². The standard InChI is InChI=1S/C23H26N4O5/c28-22(18-15-17(5-6-24-18)25-7-11-30-12-8-25)27-16-21(23(29)26-9-13-31-14-10-26)32-20-4-2-1-3-19(20)27/h1-6,15,21H,7-14,16H2. The zero-order chi connectivity index (χ0) is 21.9. The Bertz CT molecular complexity index is 988.